The fourth-order valence-corrected chi connectivity index (χ4v) is 2.58. The van der Waals surface area contributed by atoms with Gasteiger partial charge in [0.1, 0.15) is 0 Å². The Bertz CT molecular complexity index is 498. The van der Waals surface area contributed by atoms with Crippen LogP contribution in [-0.2, 0) is 9.31 Å². The molecule has 0 atom stereocenters. The third-order valence-corrected chi connectivity index (χ3v) is 4.75. The highest BCUT2D eigenvalue weighted by Gasteiger charge is 2.53. The molecule has 3 rings (SSSR count). The Hall–Kier alpha value is -0.575. The molecular formula is C14H19BClNO2. The Morgan fingerprint density at radius 1 is 1.21 bits per heavy atom. The summed E-state index contributed by atoms with van der Waals surface area (Å²) in [7, 11) is -0.415. The van der Waals surface area contributed by atoms with E-state index < -0.39 is 7.12 Å². The molecule has 1 aromatic rings. The van der Waals surface area contributed by atoms with Crippen LogP contribution in [0.2, 0.25) is 5.02 Å². The summed E-state index contributed by atoms with van der Waals surface area (Å²) in [5.41, 5.74) is 1.27. The lowest BCUT2D eigenvalue weighted by Crippen LogP contribution is -2.41. The van der Waals surface area contributed by atoms with Crippen molar-refractivity contribution in [2.75, 3.05) is 0 Å². The summed E-state index contributed by atoms with van der Waals surface area (Å²) in [6.45, 7) is 8.20. The Morgan fingerprint density at radius 2 is 1.79 bits per heavy atom. The number of hydrogen-bond donors (Lipinski definition) is 0. The fourth-order valence-electron chi connectivity index (χ4n) is 2.34. The maximum Gasteiger partial charge on any atom is 0.498 e. The Morgan fingerprint density at radius 3 is 2.32 bits per heavy atom. The molecule has 2 heterocycles. The normalized spacial score (nSPS) is 24.8. The van der Waals surface area contributed by atoms with Crippen molar-refractivity contribution in [2.45, 2.75) is 57.7 Å². The quantitative estimate of drug-likeness (QED) is 0.780. The molecule has 1 aliphatic carbocycles. The molecule has 1 aliphatic heterocycles. The molecule has 5 heteroatoms. The van der Waals surface area contributed by atoms with E-state index in [0.717, 1.165) is 11.2 Å². The Kier molecular flexibility index (Phi) is 2.97. The first-order chi connectivity index (χ1) is 8.82. The highest BCUT2D eigenvalue weighted by Crippen LogP contribution is 2.41. The molecule has 0 bridgehead atoms. The van der Waals surface area contributed by atoms with Gasteiger partial charge in [0, 0.05) is 28.3 Å². The molecular weight excluding hydrogens is 260 g/mol. The van der Waals surface area contributed by atoms with Gasteiger partial charge in [-0.1, -0.05) is 11.6 Å². The summed E-state index contributed by atoms with van der Waals surface area (Å²) in [5, 5.41) is 0.690. The average Bonchev–Trinajstić information content (AvgIpc) is 3.07. The largest absolute Gasteiger partial charge is 0.498 e. The number of pyridine rings is 1. The van der Waals surface area contributed by atoms with Crippen LogP contribution in [0.1, 0.15) is 52.1 Å². The van der Waals surface area contributed by atoms with E-state index in [0.29, 0.717) is 10.9 Å². The van der Waals surface area contributed by atoms with Crippen molar-refractivity contribution < 1.29 is 9.31 Å². The smallest absolute Gasteiger partial charge is 0.399 e. The van der Waals surface area contributed by atoms with Gasteiger partial charge in [-0.25, -0.2) is 0 Å². The predicted molar refractivity (Wildman–Crippen MR) is 76.9 cm³/mol. The zero-order valence-electron chi connectivity index (χ0n) is 11.9. The zero-order chi connectivity index (χ0) is 13.8. The molecule has 2 aliphatic rings. The molecule has 1 saturated carbocycles. The van der Waals surface area contributed by atoms with E-state index in [9.17, 15) is 0 Å². The van der Waals surface area contributed by atoms with E-state index in [1.165, 1.54) is 12.8 Å². The van der Waals surface area contributed by atoms with Crippen molar-refractivity contribution >= 4 is 24.2 Å². The van der Waals surface area contributed by atoms with E-state index in [1.54, 1.807) is 6.20 Å². The van der Waals surface area contributed by atoms with Crippen LogP contribution >= 0.6 is 11.6 Å². The number of halogens is 1. The van der Waals surface area contributed by atoms with Crippen molar-refractivity contribution in [3.63, 3.8) is 0 Å². The van der Waals surface area contributed by atoms with E-state index >= 15 is 0 Å². The fraction of sp³-hybridized carbons (Fsp3) is 0.643. The summed E-state index contributed by atoms with van der Waals surface area (Å²) < 4.78 is 12.2. The molecule has 0 amide bonds. The molecule has 0 aromatic carbocycles. The summed E-state index contributed by atoms with van der Waals surface area (Å²) >= 11 is 6.37. The Balaban J connectivity index is 2.00. The van der Waals surface area contributed by atoms with Gasteiger partial charge in [0.15, 0.2) is 0 Å². The highest BCUT2D eigenvalue weighted by molar-refractivity contribution is 6.66. The van der Waals surface area contributed by atoms with Gasteiger partial charge in [0.05, 0.1) is 11.2 Å². The maximum absolute atomic E-state index is 6.37. The van der Waals surface area contributed by atoms with Gasteiger partial charge in [-0.3, -0.25) is 4.98 Å². The minimum absolute atomic E-state index is 0.350. The Labute approximate surface area is 119 Å². The topological polar surface area (TPSA) is 31.4 Å². The van der Waals surface area contributed by atoms with Gasteiger partial charge in [-0.05, 0) is 46.6 Å². The summed E-state index contributed by atoms with van der Waals surface area (Å²) in [6, 6.07) is 1.81. The van der Waals surface area contributed by atoms with Crippen molar-refractivity contribution in [3.05, 3.63) is 23.0 Å². The first-order valence-electron chi connectivity index (χ1n) is 6.82. The highest BCUT2D eigenvalue weighted by atomic mass is 35.5. The molecule has 102 valence electrons. The van der Waals surface area contributed by atoms with Gasteiger partial charge in [-0.2, -0.15) is 0 Å². The van der Waals surface area contributed by atoms with Gasteiger partial charge in [-0.15, -0.1) is 0 Å². The van der Waals surface area contributed by atoms with Gasteiger partial charge < -0.3 is 9.31 Å². The molecule has 1 aromatic heterocycles. The number of aromatic nitrogens is 1. The van der Waals surface area contributed by atoms with Crippen LogP contribution in [0, 0.1) is 0 Å². The summed E-state index contributed by atoms with van der Waals surface area (Å²) in [4.78, 5) is 4.50. The predicted octanol–water partition coefficient (Wildman–Crippen LogP) is 2.91. The molecule has 2 fully saturated rings. The van der Waals surface area contributed by atoms with Crippen LogP contribution in [0.25, 0.3) is 0 Å². The SMILES string of the molecule is CC1(C)OB(c2c(Cl)ccnc2C2CC2)OC1(C)C. The molecule has 0 spiro atoms. The lowest BCUT2D eigenvalue weighted by atomic mass is 9.76. The summed E-state index contributed by atoms with van der Waals surface area (Å²) in [6.07, 6.45) is 4.13. The number of rotatable bonds is 2. The minimum atomic E-state index is -0.415. The van der Waals surface area contributed by atoms with Crippen LogP contribution in [-0.4, -0.2) is 23.3 Å². The van der Waals surface area contributed by atoms with E-state index in [1.807, 2.05) is 33.8 Å². The van der Waals surface area contributed by atoms with Crippen LogP contribution in [0.5, 0.6) is 0 Å². The van der Waals surface area contributed by atoms with Crippen molar-refractivity contribution in [3.8, 4) is 0 Å². The molecule has 0 unspecified atom stereocenters. The minimum Gasteiger partial charge on any atom is -0.399 e. The van der Waals surface area contributed by atoms with Gasteiger partial charge in [0.2, 0.25) is 0 Å². The van der Waals surface area contributed by atoms with Gasteiger partial charge in [0.25, 0.3) is 0 Å². The van der Waals surface area contributed by atoms with Crippen molar-refractivity contribution in [1.29, 1.82) is 0 Å². The average molecular weight is 280 g/mol. The van der Waals surface area contributed by atoms with Crippen molar-refractivity contribution in [1.82, 2.24) is 4.98 Å². The lowest BCUT2D eigenvalue weighted by molar-refractivity contribution is 0.00578. The first-order valence-corrected chi connectivity index (χ1v) is 7.19. The van der Waals surface area contributed by atoms with E-state index in [-0.39, 0.29) is 11.2 Å². The maximum atomic E-state index is 6.37. The van der Waals surface area contributed by atoms with Gasteiger partial charge >= 0.3 is 7.12 Å². The summed E-state index contributed by atoms with van der Waals surface area (Å²) in [5.74, 6) is 0.521. The zero-order valence-corrected chi connectivity index (χ0v) is 12.6. The van der Waals surface area contributed by atoms with E-state index in [4.69, 9.17) is 20.9 Å². The van der Waals surface area contributed by atoms with Crippen LogP contribution in [0.15, 0.2) is 12.3 Å². The van der Waals surface area contributed by atoms with Crippen molar-refractivity contribution in [2.24, 2.45) is 0 Å². The molecule has 0 radical (unpaired) electrons. The molecule has 19 heavy (non-hydrogen) atoms. The van der Waals surface area contributed by atoms with Crippen LogP contribution < -0.4 is 5.46 Å². The van der Waals surface area contributed by atoms with E-state index in [2.05, 4.69) is 4.98 Å². The first kappa shape index (κ1) is 13.4. The molecule has 3 nitrogen and oxygen atoms in total. The third kappa shape index (κ3) is 2.20. The standard InChI is InChI=1S/C14H19BClNO2/c1-13(2)14(3,4)19-15(18-13)11-10(16)7-8-17-12(11)9-5-6-9/h7-9H,5-6H2,1-4H3. The monoisotopic (exact) mass is 279 g/mol. The molecule has 0 N–H and O–H groups in total. The van der Waals surface area contributed by atoms with Crippen LogP contribution in [0.4, 0.5) is 0 Å². The second-order valence-electron chi connectivity index (χ2n) is 6.45. The third-order valence-electron chi connectivity index (χ3n) is 4.42. The molecule has 1 saturated heterocycles. The lowest BCUT2D eigenvalue weighted by Gasteiger charge is -2.32. The number of hydrogen-bond acceptors (Lipinski definition) is 3. The number of nitrogens with zero attached hydrogens (tertiary/aromatic N) is 1. The second-order valence-corrected chi connectivity index (χ2v) is 6.86. The second kappa shape index (κ2) is 4.21. The van der Waals surface area contributed by atoms with Crippen LogP contribution in [0.3, 0.4) is 0 Å².